The Labute approximate surface area is 80.7 Å². The lowest BCUT2D eigenvalue weighted by atomic mass is 9.73. The Morgan fingerprint density at radius 2 is 2.00 bits per heavy atom. The van der Waals surface area contributed by atoms with Crippen LogP contribution >= 0.6 is 0 Å². The largest absolute Gasteiger partial charge is 0.389 e. The molecular weight excluding hydrogens is 162 g/mol. The van der Waals surface area contributed by atoms with Gasteiger partial charge in [0.2, 0.25) is 0 Å². The van der Waals surface area contributed by atoms with Crippen LogP contribution in [0.5, 0.6) is 0 Å². The highest BCUT2D eigenvalue weighted by molar-refractivity contribution is 4.96. The lowest BCUT2D eigenvalue weighted by molar-refractivity contribution is -0.0803. The minimum absolute atomic E-state index is 0.345. The van der Waals surface area contributed by atoms with Crippen LogP contribution in [-0.4, -0.2) is 23.8 Å². The summed E-state index contributed by atoms with van der Waals surface area (Å²) < 4.78 is 0. The molecule has 2 unspecified atom stereocenters. The van der Waals surface area contributed by atoms with E-state index in [1.165, 1.54) is 25.7 Å². The minimum Gasteiger partial charge on any atom is -0.389 e. The van der Waals surface area contributed by atoms with Gasteiger partial charge in [0.1, 0.15) is 0 Å². The number of rotatable bonds is 1. The normalized spacial score (nSPS) is 42.5. The van der Waals surface area contributed by atoms with Crippen molar-refractivity contribution in [2.24, 2.45) is 11.8 Å². The highest BCUT2D eigenvalue weighted by Gasteiger charge is 2.43. The first-order chi connectivity index (χ1) is 6.23. The van der Waals surface area contributed by atoms with Gasteiger partial charge < -0.3 is 10.4 Å². The molecule has 2 N–H and O–H groups in total. The Balaban J connectivity index is 2.06. The molecule has 1 aliphatic heterocycles. The van der Waals surface area contributed by atoms with Gasteiger partial charge in [-0.3, -0.25) is 0 Å². The molecule has 2 atom stereocenters. The maximum absolute atomic E-state index is 10.6. The molecule has 2 heteroatoms. The van der Waals surface area contributed by atoms with Crippen molar-refractivity contribution in [1.29, 1.82) is 0 Å². The Morgan fingerprint density at radius 1 is 1.31 bits per heavy atom. The van der Waals surface area contributed by atoms with Crippen molar-refractivity contribution < 1.29 is 5.11 Å². The van der Waals surface area contributed by atoms with E-state index in [9.17, 15) is 5.11 Å². The Kier molecular flexibility index (Phi) is 2.61. The highest BCUT2D eigenvalue weighted by atomic mass is 16.3. The van der Waals surface area contributed by atoms with E-state index in [-0.39, 0.29) is 5.60 Å². The van der Waals surface area contributed by atoms with Gasteiger partial charge >= 0.3 is 0 Å². The molecule has 0 aromatic carbocycles. The summed E-state index contributed by atoms with van der Waals surface area (Å²) in [6.45, 7) is 4.18. The zero-order valence-corrected chi connectivity index (χ0v) is 8.55. The molecule has 2 fully saturated rings. The van der Waals surface area contributed by atoms with Gasteiger partial charge in [-0.25, -0.2) is 0 Å². The molecular formula is C11H21NO. The zero-order chi connectivity index (χ0) is 9.31. The molecule has 2 nitrogen and oxygen atoms in total. The SMILES string of the molecule is CC1CNCCC1(O)C1CCCC1. The van der Waals surface area contributed by atoms with Crippen molar-refractivity contribution >= 4 is 0 Å². The third-order valence-corrected chi connectivity index (χ3v) is 4.07. The summed E-state index contributed by atoms with van der Waals surface area (Å²) in [5, 5.41) is 14.0. The summed E-state index contributed by atoms with van der Waals surface area (Å²) in [4.78, 5) is 0. The van der Waals surface area contributed by atoms with E-state index in [2.05, 4.69) is 12.2 Å². The molecule has 1 aliphatic carbocycles. The van der Waals surface area contributed by atoms with Crippen molar-refractivity contribution in [2.45, 2.75) is 44.6 Å². The summed E-state index contributed by atoms with van der Waals surface area (Å²) in [6.07, 6.45) is 6.11. The molecule has 76 valence electrons. The molecule has 13 heavy (non-hydrogen) atoms. The van der Waals surface area contributed by atoms with Gasteiger partial charge in [0, 0.05) is 6.54 Å². The van der Waals surface area contributed by atoms with Crippen molar-refractivity contribution in [1.82, 2.24) is 5.32 Å². The van der Waals surface area contributed by atoms with E-state index in [1.807, 2.05) is 0 Å². The third kappa shape index (κ3) is 1.62. The minimum atomic E-state index is -0.345. The van der Waals surface area contributed by atoms with Crippen LogP contribution in [0.2, 0.25) is 0 Å². The van der Waals surface area contributed by atoms with E-state index in [0.717, 1.165) is 19.5 Å². The number of aliphatic hydroxyl groups is 1. The molecule has 0 aromatic heterocycles. The van der Waals surface area contributed by atoms with Crippen LogP contribution < -0.4 is 5.32 Å². The van der Waals surface area contributed by atoms with E-state index < -0.39 is 0 Å². The summed E-state index contributed by atoms with van der Waals surface area (Å²) >= 11 is 0. The van der Waals surface area contributed by atoms with Crippen LogP contribution in [0, 0.1) is 11.8 Å². The number of nitrogens with one attached hydrogen (secondary N) is 1. The molecule has 0 amide bonds. The highest BCUT2D eigenvalue weighted by Crippen LogP contribution is 2.41. The van der Waals surface area contributed by atoms with E-state index in [0.29, 0.717) is 11.8 Å². The Hall–Kier alpha value is -0.0800. The van der Waals surface area contributed by atoms with Gasteiger partial charge in [0.15, 0.2) is 0 Å². The van der Waals surface area contributed by atoms with Gasteiger partial charge in [-0.2, -0.15) is 0 Å². The van der Waals surface area contributed by atoms with Crippen LogP contribution in [0.4, 0.5) is 0 Å². The van der Waals surface area contributed by atoms with Crippen molar-refractivity contribution in [3.05, 3.63) is 0 Å². The fourth-order valence-corrected chi connectivity index (χ4v) is 3.06. The average molecular weight is 183 g/mol. The van der Waals surface area contributed by atoms with Crippen LogP contribution in [0.15, 0.2) is 0 Å². The second-order valence-corrected chi connectivity index (χ2v) is 4.83. The Morgan fingerprint density at radius 3 is 2.62 bits per heavy atom. The molecule has 1 saturated heterocycles. The average Bonchev–Trinajstić information content (AvgIpc) is 2.63. The van der Waals surface area contributed by atoms with Gasteiger partial charge in [-0.05, 0) is 37.6 Å². The summed E-state index contributed by atoms with van der Waals surface area (Å²) in [6, 6.07) is 0. The van der Waals surface area contributed by atoms with Crippen LogP contribution in [0.3, 0.4) is 0 Å². The Bertz CT molecular complexity index is 177. The fraction of sp³-hybridized carbons (Fsp3) is 1.00. The van der Waals surface area contributed by atoms with Gasteiger partial charge in [-0.1, -0.05) is 19.8 Å². The molecule has 0 spiro atoms. The van der Waals surface area contributed by atoms with Gasteiger partial charge in [0.05, 0.1) is 5.60 Å². The monoisotopic (exact) mass is 183 g/mol. The topological polar surface area (TPSA) is 32.3 Å². The van der Waals surface area contributed by atoms with Crippen molar-refractivity contribution in [3.63, 3.8) is 0 Å². The number of hydrogen-bond donors (Lipinski definition) is 2. The molecule has 2 aliphatic rings. The quantitative estimate of drug-likeness (QED) is 0.646. The molecule has 0 aromatic rings. The standard InChI is InChI=1S/C11H21NO/c1-9-8-12-7-6-11(9,13)10-4-2-3-5-10/h9-10,12-13H,2-8H2,1H3. The smallest absolute Gasteiger partial charge is 0.0725 e. The predicted molar refractivity (Wildman–Crippen MR) is 53.6 cm³/mol. The third-order valence-electron chi connectivity index (χ3n) is 4.07. The van der Waals surface area contributed by atoms with Crippen LogP contribution in [-0.2, 0) is 0 Å². The first-order valence-electron chi connectivity index (χ1n) is 5.66. The second kappa shape index (κ2) is 3.58. The maximum atomic E-state index is 10.6. The van der Waals surface area contributed by atoms with Gasteiger partial charge in [-0.15, -0.1) is 0 Å². The zero-order valence-electron chi connectivity index (χ0n) is 8.55. The van der Waals surface area contributed by atoms with Gasteiger partial charge in [0.25, 0.3) is 0 Å². The van der Waals surface area contributed by atoms with Crippen molar-refractivity contribution in [3.8, 4) is 0 Å². The summed E-state index contributed by atoms with van der Waals surface area (Å²) in [5.41, 5.74) is -0.345. The molecule has 2 rings (SSSR count). The summed E-state index contributed by atoms with van der Waals surface area (Å²) in [7, 11) is 0. The lowest BCUT2D eigenvalue weighted by Crippen LogP contribution is -2.52. The fourth-order valence-electron chi connectivity index (χ4n) is 3.06. The first kappa shape index (κ1) is 9.47. The summed E-state index contributed by atoms with van der Waals surface area (Å²) in [5.74, 6) is 1.02. The predicted octanol–water partition coefficient (Wildman–Crippen LogP) is 1.54. The molecule has 0 radical (unpaired) electrons. The first-order valence-corrected chi connectivity index (χ1v) is 5.66. The molecule has 1 heterocycles. The second-order valence-electron chi connectivity index (χ2n) is 4.83. The number of piperidine rings is 1. The molecule has 0 bridgehead atoms. The van der Waals surface area contributed by atoms with Crippen molar-refractivity contribution in [2.75, 3.05) is 13.1 Å². The van der Waals surface area contributed by atoms with E-state index in [1.54, 1.807) is 0 Å². The number of hydrogen-bond acceptors (Lipinski definition) is 2. The van der Waals surface area contributed by atoms with E-state index >= 15 is 0 Å². The maximum Gasteiger partial charge on any atom is 0.0725 e. The van der Waals surface area contributed by atoms with E-state index in [4.69, 9.17) is 0 Å². The lowest BCUT2D eigenvalue weighted by Gasteiger charge is -2.43. The van der Waals surface area contributed by atoms with Crippen LogP contribution in [0.1, 0.15) is 39.0 Å². The van der Waals surface area contributed by atoms with Crippen LogP contribution in [0.25, 0.3) is 0 Å². The molecule has 1 saturated carbocycles.